The van der Waals surface area contributed by atoms with Gasteiger partial charge < -0.3 is 10.6 Å². The van der Waals surface area contributed by atoms with Crippen LogP contribution in [0.3, 0.4) is 0 Å². The molecule has 4 nitrogen and oxygen atoms in total. The van der Waals surface area contributed by atoms with Gasteiger partial charge in [-0.2, -0.15) is 0 Å². The average Bonchev–Trinajstić information content (AvgIpc) is 2.59. The number of halogens is 2. The minimum Gasteiger partial charge on any atom is -0.362 e. The number of carbonyl (C=O) groups is 1. The first-order valence-electron chi connectivity index (χ1n) is 8.41. The lowest BCUT2D eigenvalue weighted by atomic mass is 9.92. The quantitative estimate of drug-likeness (QED) is 0.881. The Morgan fingerprint density at radius 3 is 2.44 bits per heavy atom. The van der Waals surface area contributed by atoms with E-state index >= 15 is 0 Å². The number of anilines is 1. The van der Waals surface area contributed by atoms with Crippen molar-refractivity contribution in [2.45, 2.75) is 25.0 Å². The molecule has 0 aromatic heterocycles. The number of carbonyl (C=O) groups excluding carboxylic acids is 1. The van der Waals surface area contributed by atoms with Crippen LogP contribution in [0, 0.1) is 11.6 Å². The summed E-state index contributed by atoms with van der Waals surface area (Å²) in [6.07, 6.45) is 1.44. The van der Waals surface area contributed by atoms with Crippen LogP contribution in [-0.4, -0.2) is 29.6 Å². The number of likely N-dealkylation sites (tertiary alicyclic amines) is 1. The predicted octanol–water partition coefficient (Wildman–Crippen LogP) is 3.11. The summed E-state index contributed by atoms with van der Waals surface area (Å²) in [5, 5.41) is 6.28. The summed E-state index contributed by atoms with van der Waals surface area (Å²) in [4.78, 5) is 14.6. The molecule has 1 fully saturated rings. The average molecular weight is 343 g/mol. The summed E-state index contributed by atoms with van der Waals surface area (Å²) < 4.78 is 26.9. The van der Waals surface area contributed by atoms with Gasteiger partial charge in [-0.05, 0) is 29.8 Å². The van der Waals surface area contributed by atoms with E-state index in [9.17, 15) is 13.6 Å². The van der Waals surface area contributed by atoms with E-state index in [1.165, 1.54) is 18.2 Å². The van der Waals surface area contributed by atoms with Gasteiger partial charge in [-0.1, -0.05) is 18.2 Å². The Bertz CT molecular complexity index is 799. The van der Waals surface area contributed by atoms with E-state index in [1.807, 2.05) is 0 Å². The van der Waals surface area contributed by atoms with Gasteiger partial charge in [0, 0.05) is 32.5 Å². The normalized spacial score (nSPS) is 19.2. The molecule has 2 heterocycles. The number of nitrogens with one attached hydrogen (secondary N) is 2. The summed E-state index contributed by atoms with van der Waals surface area (Å²) >= 11 is 0. The Morgan fingerprint density at radius 1 is 1.00 bits per heavy atom. The summed E-state index contributed by atoms with van der Waals surface area (Å²) in [6, 6.07) is 11.2. The van der Waals surface area contributed by atoms with Gasteiger partial charge >= 0.3 is 0 Å². The molecular weight excluding hydrogens is 324 g/mol. The third-order valence-electron chi connectivity index (χ3n) is 5.00. The number of nitrogens with zero attached hydrogens (tertiary/aromatic N) is 1. The molecule has 4 rings (SSSR count). The van der Waals surface area contributed by atoms with E-state index in [0.29, 0.717) is 5.69 Å². The highest BCUT2D eigenvalue weighted by atomic mass is 19.1. The molecule has 0 bridgehead atoms. The molecule has 2 N–H and O–H groups in total. The van der Waals surface area contributed by atoms with Gasteiger partial charge in [-0.3, -0.25) is 9.69 Å². The zero-order valence-corrected chi connectivity index (χ0v) is 13.7. The first-order chi connectivity index (χ1) is 12.0. The van der Waals surface area contributed by atoms with E-state index in [0.717, 1.165) is 38.0 Å². The molecule has 6 heteroatoms. The molecule has 130 valence electrons. The minimum absolute atomic E-state index is 0.0851. The first kappa shape index (κ1) is 16.0. The van der Waals surface area contributed by atoms with Crippen LogP contribution >= 0.6 is 0 Å². The molecule has 2 aliphatic rings. The third kappa shape index (κ3) is 3.09. The molecule has 0 saturated carbocycles. The standard InChI is InChI=1S/C19H19F2N3O/c20-14-6-4-13(5-7-14)12-24-10-8-19(9-11-24)22-16-3-1-2-15(21)17(16)18(25)23-19/h1-7,22H,8-12H2,(H,23,25). The molecule has 1 saturated heterocycles. The fourth-order valence-corrected chi connectivity index (χ4v) is 3.62. The van der Waals surface area contributed by atoms with Crippen molar-refractivity contribution in [2.75, 3.05) is 18.4 Å². The van der Waals surface area contributed by atoms with E-state index in [2.05, 4.69) is 15.5 Å². The molecule has 1 amide bonds. The highest BCUT2D eigenvalue weighted by Crippen LogP contribution is 2.32. The van der Waals surface area contributed by atoms with Crippen molar-refractivity contribution < 1.29 is 13.6 Å². The number of amides is 1. The van der Waals surface area contributed by atoms with E-state index in [-0.39, 0.29) is 17.3 Å². The minimum atomic E-state index is -0.531. The number of rotatable bonds is 2. The van der Waals surface area contributed by atoms with Crippen LogP contribution in [0.2, 0.25) is 0 Å². The topological polar surface area (TPSA) is 44.4 Å². The molecule has 2 aliphatic heterocycles. The molecule has 0 radical (unpaired) electrons. The molecule has 0 atom stereocenters. The maximum Gasteiger partial charge on any atom is 0.258 e. The molecule has 0 unspecified atom stereocenters. The van der Waals surface area contributed by atoms with Crippen molar-refractivity contribution in [1.29, 1.82) is 0 Å². The van der Waals surface area contributed by atoms with Gasteiger partial charge in [0.15, 0.2) is 0 Å². The molecular formula is C19H19F2N3O. The molecule has 0 aliphatic carbocycles. The monoisotopic (exact) mass is 343 g/mol. The zero-order valence-electron chi connectivity index (χ0n) is 13.7. The van der Waals surface area contributed by atoms with Gasteiger partial charge in [-0.25, -0.2) is 8.78 Å². The summed E-state index contributed by atoms with van der Waals surface area (Å²) in [5.74, 6) is -1.11. The fourth-order valence-electron chi connectivity index (χ4n) is 3.62. The Balaban J connectivity index is 1.45. The SMILES string of the molecule is O=C1NC2(CCN(Cc3ccc(F)cc3)CC2)Nc2cccc(F)c21. The molecule has 2 aromatic rings. The maximum absolute atomic E-state index is 13.9. The predicted molar refractivity (Wildman–Crippen MR) is 91.1 cm³/mol. The lowest BCUT2D eigenvalue weighted by Gasteiger charge is -2.46. The van der Waals surface area contributed by atoms with Gasteiger partial charge in [0.25, 0.3) is 5.91 Å². The largest absolute Gasteiger partial charge is 0.362 e. The fraction of sp³-hybridized carbons (Fsp3) is 0.316. The molecule has 1 spiro atoms. The summed E-state index contributed by atoms with van der Waals surface area (Å²) in [5.41, 5.74) is 1.17. The van der Waals surface area contributed by atoms with Crippen LogP contribution in [-0.2, 0) is 6.54 Å². The van der Waals surface area contributed by atoms with Crippen molar-refractivity contribution in [3.05, 3.63) is 65.2 Å². The number of benzene rings is 2. The first-order valence-corrected chi connectivity index (χ1v) is 8.41. The summed E-state index contributed by atoms with van der Waals surface area (Å²) in [6.45, 7) is 2.32. The Labute approximate surface area is 144 Å². The lowest BCUT2D eigenvalue weighted by molar-refractivity contribution is 0.0817. The van der Waals surface area contributed by atoms with Crippen molar-refractivity contribution in [1.82, 2.24) is 10.2 Å². The zero-order chi connectivity index (χ0) is 17.4. The van der Waals surface area contributed by atoms with Gasteiger partial charge in [-0.15, -0.1) is 0 Å². The van der Waals surface area contributed by atoms with Crippen molar-refractivity contribution >= 4 is 11.6 Å². The van der Waals surface area contributed by atoms with Gasteiger partial charge in [0.05, 0.1) is 11.3 Å². The van der Waals surface area contributed by atoms with Crippen LogP contribution in [0.1, 0.15) is 28.8 Å². The second-order valence-corrected chi connectivity index (χ2v) is 6.73. The lowest BCUT2D eigenvalue weighted by Crippen LogP contribution is -2.62. The molecule has 2 aromatic carbocycles. The third-order valence-corrected chi connectivity index (χ3v) is 5.00. The number of hydrogen-bond acceptors (Lipinski definition) is 3. The van der Waals surface area contributed by atoms with Crippen molar-refractivity contribution in [3.8, 4) is 0 Å². The van der Waals surface area contributed by atoms with E-state index < -0.39 is 11.5 Å². The van der Waals surface area contributed by atoms with Crippen molar-refractivity contribution in [3.63, 3.8) is 0 Å². The van der Waals surface area contributed by atoms with Crippen LogP contribution in [0.5, 0.6) is 0 Å². The Morgan fingerprint density at radius 2 is 1.72 bits per heavy atom. The smallest absolute Gasteiger partial charge is 0.258 e. The van der Waals surface area contributed by atoms with Crippen LogP contribution in [0.25, 0.3) is 0 Å². The van der Waals surface area contributed by atoms with Gasteiger partial charge in [0.1, 0.15) is 17.3 Å². The van der Waals surface area contributed by atoms with Gasteiger partial charge in [0.2, 0.25) is 0 Å². The Hall–Kier alpha value is -2.47. The number of hydrogen-bond donors (Lipinski definition) is 2. The van der Waals surface area contributed by atoms with Crippen LogP contribution in [0.15, 0.2) is 42.5 Å². The van der Waals surface area contributed by atoms with E-state index in [4.69, 9.17) is 0 Å². The van der Waals surface area contributed by atoms with Crippen molar-refractivity contribution in [2.24, 2.45) is 0 Å². The number of fused-ring (bicyclic) bond motifs is 1. The molecule has 25 heavy (non-hydrogen) atoms. The number of piperidine rings is 1. The van der Waals surface area contributed by atoms with E-state index in [1.54, 1.807) is 24.3 Å². The van der Waals surface area contributed by atoms with Crippen LogP contribution in [0.4, 0.5) is 14.5 Å². The second kappa shape index (κ2) is 6.11. The highest BCUT2D eigenvalue weighted by Gasteiger charge is 2.40. The maximum atomic E-state index is 13.9. The Kier molecular flexibility index (Phi) is 3.92. The highest BCUT2D eigenvalue weighted by molar-refractivity contribution is 6.02. The second-order valence-electron chi connectivity index (χ2n) is 6.73. The van der Waals surface area contributed by atoms with Crippen LogP contribution < -0.4 is 10.6 Å². The summed E-state index contributed by atoms with van der Waals surface area (Å²) in [7, 11) is 0.